The zero-order valence-electron chi connectivity index (χ0n) is 14.1. The zero-order valence-corrected chi connectivity index (χ0v) is 15.7. The summed E-state index contributed by atoms with van der Waals surface area (Å²) in [5.74, 6) is -0.651. The Hall–Kier alpha value is -2.93. The lowest BCUT2D eigenvalue weighted by Gasteiger charge is -2.19. The second-order valence-electron chi connectivity index (χ2n) is 6.32. The third-order valence-corrected chi connectivity index (χ3v) is 5.06. The van der Waals surface area contributed by atoms with Crippen molar-refractivity contribution in [1.29, 1.82) is 0 Å². The normalized spacial score (nSPS) is 16.6. The number of hydrogen-bond acceptors (Lipinski definition) is 4. The highest BCUT2D eigenvalue weighted by molar-refractivity contribution is 9.10. The fourth-order valence-corrected chi connectivity index (χ4v) is 3.59. The average Bonchev–Trinajstić information content (AvgIpc) is 3.03. The number of imide groups is 1. The number of nitrogens with one attached hydrogen (secondary N) is 1. The van der Waals surface area contributed by atoms with Gasteiger partial charge in [0.05, 0.1) is 6.04 Å². The number of pyridine rings is 1. The van der Waals surface area contributed by atoms with Crippen molar-refractivity contribution in [3.8, 4) is 0 Å². The van der Waals surface area contributed by atoms with E-state index in [1.165, 1.54) is 6.20 Å². The molecule has 2 amide bonds. The van der Waals surface area contributed by atoms with Crippen LogP contribution in [0, 0.1) is 0 Å². The van der Waals surface area contributed by atoms with Gasteiger partial charge < -0.3 is 9.72 Å². The molecular weight excluding hydrogens is 412 g/mol. The van der Waals surface area contributed by atoms with Gasteiger partial charge in [0.2, 0.25) is 5.43 Å². The SMILES string of the molecule is O=C1OCC(Cc2ccccc2)N1C(=O)c1c[nH]c2ccc(Br)cc2c1=O. The van der Waals surface area contributed by atoms with Crippen LogP contribution in [0.2, 0.25) is 0 Å². The van der Waals surface area contributed by atoms with Crippen LogP contribution in [0.1, 0.15) is 15.9 Å². The minimum atomic E-state index is -0.727. The van der Waals surface area contributed by atoms with Crippen LogP contribution in [-0.2, 0) is 11.2 Å². The standard InChI is InChI=1S/C20H15BrN2O4/c21-13-6-7-17-15(9-13)18(24)16(10-22-17)19(25)23-14(11-27-20(23)26)8-12-4-2-1-3-5-12/h1-7,9-10,14H,8,11H2,(H,22,24). The van der Waals surface area contributed by atoms with E-state index in [1.807, 2.05) is 30.3 Å². The summed E-state index contributed by atoms with van der Waals surface area (Å²) in [4.78, 5) is 42.0. The number of fused-ring (bicyclic) bond motifs is 1. The first kappa shape index (κ1) is 17.5. The Morgan fingerprint density at radius 1 is 1.19 bits per heavy atom. The molecule has 136 valence electrons. The minimum absolute atomic E-state index is 0.0856. The van der Waals surface area contributed by atoms with Gasteiger partial charge in [0, 0.05) is 21.6 Å². The number of nitrogens with zero attached hydrogens (tertiary/aromatic N) is 1. The predicted molar refractivity (Wildman–Crippen MR) is 104 cm³/mol. The van der Waals surface area contributed by atoms with E-state index in [9.17, 15) is 14.4 Å². The second-order valence-corrected chi connectivity index (χ2v) is 7.23. The number of aromatic nitrogens is 1. The van der Waals surface area contributed by atoms with Gasteiger partial charge in [0.15, 0.2) is 0 Å². The van der Waals surface area contributed by atoms with Crippen molar-refractivity contribution in [3.05, 3.63) is 80.6 Å². The lowest BCUT2D eigenvalue weighted by Crippen LogP contribution is -2.42. The van der Waals surface area contributed by atoms with Gasteiger partial charge in [-0.1, -0.05) is 46.3 Å². The average molecular weight is 427 g/mol. The topological polar surface area (TPSA) is 79.5 Å². The number of amides is 2. The Kier molecular flexibility index (Phi) is 4.53. The van der Waals surface area contributed by atoms with Gasteiger partial charge in [0.25, 0.3) is 5.91 Å². The summed E-state index contributed by atoms with van der Waals surface area (Å²) in [7, 11) is 0. The van der Waals surface area contributed by atoms with Crippen LogP contribution in [0.15, 0.2) is 64.0 Å². The smallest absolute Gasteiger partial charge is 0.417 e. The maximum Gasteiger partial charge on any atom is 0.417 e. The highest BCUT2D eigenvalue weighted by Gasteiger charge is 2.39. The number of halogens is 1. The molecule has 1 N–H and O–H groups in total. The lowest BCUT2D eigenvalue weighted by atomic mass is 10.0. The number of cyclic esters (lactones) is 1. The van der Waals surface area contributed by atoms with E-state index < -0.39 is 23.5 Å². The number of carbonyl (C=O) groups excluding carboxylic acids is 2. The number of carbonyl (C=O) groups is 2. The molecule has 27 heavy (non-hydrogen) atoms. The van der Waals surface area contributed by atoms with Crippen molar-refractivity contribution >= 4 is 38.8 Å². The summed E-state index contributed by atoms with van der Waals surface area (Å²) in [5.41, 5.74) is 1.09. The van der Waals surface area contributed by atoms with Crippen LogP contribution in [0.4, 0.5) is 4.79 Å². The predicted octanol–water partition coefficient (Wildman–Crippen LogP) is 3.49. The molecule has 2 aromatic carbocycles. The molecule has 1 aliphatic heterocycles. The van der Waals surface area contributed by atoms with E-state index in [0.29, 0.717) is 17.3 Å². The number of hydrogen-bond donors (Lipinski definition) is 1. The molecule has 0 radical (unpaired) electrons. The fourth-order valence-electron chi connectivity index (χ4n) is 3.23. The van der Waals surface area contributed by atoms with Crippen LogP contribution in [-0.4, -0.2) is 34.5 Å². The van der Waals surface area contributed by atoms with Gasteiger partial charge in [-0.15, -0.1) is 0 Å². The number of aromatic amines is 1. The van der Waals surface area contributed by atoms with E-state index in [-0.39, 0.29) is 12.2 Å². The number of rotatable bonds is 3. The Morgan fingerprint density at radius 2 is 1.96 bits per heavy atom. The first-order valence-corrected chi connectivity index (χ1v) is 9.19. The van der Waals surface area contributed by atoms with Crippen molar-refractivity contribution in [2.45, 2.75) is 12.5 Å². The maximum atomic E-state index is 13.0. The number of ether oxygens (including phenoxy) is 1. The fraction of sp³-hybridized carbons (Fsp3) is 0.150. The molecule has 1 unspecified atom stereocenters. The molecule has 1 atom stereocenters. The molecule has 0 saturated carbocycles. The number of H-pyrrole nitrogens is 1. The van der Waals surface area contributed by atoms with E-state index >= 15 is 0 Å². The third-order valence-electron chi connectivity index (χ3n) is 4.57. The van der Waals surface area contributed by atoms with Crippen LogP contribution in [0.3, 0.4) is 0 Å². The Labute approximate surface area is 162 Å². The van der Waals surface area contributed by atoms with Gasteiger partial charge in [-0.2, -0.15) is 0 Å². The van der Waals surface area contributed by atoms with Crippen molar-refractivity contribution in [2.24, 2.45) is 0 Å². The monoisotopic (exact) mass is 426 g/mol. The molecule has 1 aromatic heterocycles. The molecule has 7 heteroatoms. The molecule has 0 aliphatic carbocycles. The van der Waals surface area contributed by atoms with Gasteiger partial charge in [-0.3, -0.25) is 9.59 Å². The van der Waals surface area contributed by atoms with Crippen LogP contribution >= 0.6 is 15.9 Å². The summed E-state index contributed by atoms with van der Waals surface area (Å²) in [6, 6.07) is 14.3. The number of benzene rings is 2. The molecule has 1 saturated heterocycles. The van der Waals surface area contributed by atoms with Crippen molar-refractivity contribution < 1.29 is 14.3 Å². The van der Waals surface area contributed by atoms with Crippen LogP contribution in [0.25, 0.3) is 10.9 Å². The van der Waals surface area contributed by atoms with Crippen LogP contribution < -0.4 is 5.43 Å². The highest BCUT2D eigenvalue weighted by atomic mass is 79.9. The molecule has 0 spiro atoms. The molecule has 0 bridgehead atoms. The summed E-state index contributed by atoms with van der Waals surface area (Å²) in [6.45, 7) is 0.108. The minimum Gasteiger partial charge on any atom is -0.447 e. The highest BCUT2D eigenvalue weighted by Crippen LogP contribution is 2.21. The van der Waals surface area contributed by atoms with E-state index in [0.717, 1.165) is 14.9 Å². The molecule has 2 heterocycles. The Bertz CT molecular complexity index is 1090. The Balaban J connectivity index is 1.70. The summed E-state index contributed by atoms with van der Waals surface area (Å²) < 4.78 is 5.82. The van der Waals surface area contributed by atoms with Gasteiger partial charge in [0.1, 0.15) is 12.2 Å². The summed E-state index contributed by atoms with van der Waals surface area (Å²) in [6.07, 6.45) is 1.09. The molecule has 4 rings (SSSR count). The molecule has 3 aromatic rings. The summed E-state index contributed by atoms with van der Waals surface area (Å²) >= 11 is 3.33. The van der Waals surface area contributed by atoms with Crippen molar-refractivity contribution in [3.63, 3.8) is 0 Å². The zero-order chi connectivity index (χ0) is 19.0. The lowest BCUT2D eigenvalue weighted by molar-refractivity contribution is 0.0773. The van der Waals surface area contributed by atoms with Gasteiger partial charge in [-0.25, -0.2) is 9.69 Å². The summed E-state index contributed by atoms with van der Waals surface area (Å²) in [5, 5.41) is 0.377. The molecule has 1 aliphatic rings. The van der Waals surface area contributed by atoms with Gasteiger partial charge in [-0.05, 0) is 30.2 Å². The van der Waals surface area contributed by atoms with Crippen LogP contribution in [0.5, 0.6) is 0 Å². The van der Waals surface area contributed by atoms with E-state index in [2.05, 4.69) is 20.9 Å². The second kappa shape index (κ2) is 7.00. The first-order chi connectivity index (χ1) is 13.0. The molecule has 6 nitrogen and oxygen atoms in total. The van der Waals surface area contributed by atoms with E-state index in [4.69, 9.17) is 4.74 Å². The van der Waals surface area contributed by atoms with Crippen molar-refractivity contribution in [2.75, 3.05) is 6.61 Å². The largest absolute Gasteiger partial charge is 0.447 e. The molecule has 1 fully saturated rings. The quantitative estimate of drug-likeness (QED) is 0.694. The molecular formula is C20H15BrN2O4. The van der Waals surface area contributed by atoms with Crippen molar-refractivity contribution in [1.82, 2.24) is 9.88 Å². The van der Waals surface area contributed by atoms with Gasteiger partial charge >= 0.3 is 6.09 Å². The third kappa shape index (κ3) is 3.26. The van der Waals surface area contributed by atoms with E-state index in [1.54, 1.807) is 18.2 Å². The maximum absolute atomic E-state index is 13.0. The Morgan fingerprint density at radius 3 is 2.74 bits per heavy atom. The first-order valence-electron chi connectivity index (χ1n) is 8.40.